The van der Waals surface area contributed by atoms with Crippen LogP contribution in [0.1, 0.15) is 0 Å². The van der Waals surface area contributed by atoms with Crippen LogP contribution in [-0.2, 0) is 0 Å². The van der Waals surface area contributed by atoms with Crippen molar-refractivity contribution in [2.75, 3.05) is 0 Å². The minimum Gasteiger partial charge on any atom is -0.278 e. The van der Waals surface area contributed by atoms with Gasteiger partial charge in [0.05, 0.1) is 11.0 Å². The Labute approximate surface area is 330 Å². The van der Waals surface area contributed by atoms with Gasteiger partial charge in [-0.25, -0.2) is 4.98 Å². The van der Waals surface area contributed by atoms with Crippen LogP contribution < -0.4 is 0 Å². The average molecular weight is 727 g/mol. The van der Waals surface area contributed by atoms with Crippen molar-refractivity contribution in [2.45, 2.75) is 0 Å². The fourth-order valence-corrected chi connectivity index (χ4v) is 8.41. The van der Waals surface area contributed by atoms with Crippen LogP contribution in [-0.4, -0.2) is 19.5 Å². The van der Waals surface area contributed by atoms with Crippen molar-refractivity contribution in [1.82, 2.24) is 19.5 Å². The smallest absolute Gasteiger partial charge is 0.238 e. The molecule has 0 aliphatic heterocycles. The summed E-state index contributed by atoms with van der Waals surface area (Å²) in [5, 5.41) is 7.16. The van der Waals surface area contributed by atoms with Gasteiger partial charge in [-0.1, -0.05) is 182 Å². The molecule has 4 heteroatoms. The van der Waals surface area contributed by atoms with Crippen LogP contribution in [0, 0.1) is 0 Å². The molecule has 0 aliphatic rings. The molecule has 57 heavy (non-hydrogen) atoms. The summed E-state index contributed by atoms with van der Waals surface area (Å²) >= 11 is 0. The van der Waals surface area contributed by atoms with Crippen molar-refractivity contribution in [3.8, 4) is 62.1 Å². The lowest BCUT2D eigenvalue weighted by atomic mass is 9.90. The molecule has 2 aromatic heterocycles. The second-order valence-electron chi connectivity index (χ2n) is 14.4. The van der Waals surface area contributed by atoms with E-state index in [4.69, 9.17) is 15.0 Å². The van der Waals surface area contributed by atoms with E-state index >= 15 is 0 Å². The first-order chi connectivity index (χ1) is 28.3. The summed E-state index contributed by atoms with van der Waals surface area (Å²) in [5.41, 5.74) is 11.0. The van der Waals surface area contributed by atoms with E-state index in [2.05, 4.69) is 193 Å². The van der Waals surface area contributed by atoms with Gasteiger partial charge in [-0.2, -0.15) is 9.97 Å². The number of nitrogens with zero attached hydrogens (tertiary/aromatic N) is 4. The molecule has 4 nitrogen and oxygen atoms in total. The molecule has 0 fully saturated rings. The highest BCUT2D eigenvalue weighted by atomic mass is 15.2. The Morgan fingerprint density at radius 2 is 0.825 bits per heavy atom. The lowest BCUT2D eigenvalue weighted by Crippen LogP contribution is -2.06. The Hall–Kier alpha value is -7.69. The second kappa shape index (κ2) is 13.6. The lowest BCUT2D eigenvalue weighted by molar-refractivity contribution is 0.953. The van der Waals surface area contributed by atoms with Crippen molar-refractivity contribution in [1.29, 1.82) is 0 Å². The summed E-state index contributed by atoms with van der Waals surface area (Å²) in [6.45, 7) is 0. The highest BCUT2D eigenvalue weighted by Crippen LogP contribution is 2.40. The maximum absolute atomic E-state index is 5.29. The summed E-state index contributed by atoms with van der Waals surface area (Å²) in [6.07, 6.45) is 0. The minimum atomic E-state index is 0.580. The zero-order chi connectivity index (χ0) is 37.7. The highest BCUT2D eigenvalue weighted by molar-refractivity contribution is 6.21. The van der Waals surface area contributed by atoms with Gasteiger partial charge >= 0.3 is 0 Å². The number of para-hydroxylation sites is 1. The van der Waals surface area contributed by atoms with E-state index in [0.717, 1.165) is 38.7 Å². The molecular formula is C53H34N4. The third kappa shape index (κ3) is 5.66. The van der Waals surface area contributed by atoms with Gasteiger partial charge in [0, 0.05) is 21.9 Å². The molecule has 0 bridgehead atoms. The number of aromatic nitrogens is 4. The SMILES string of the molecule is c1ccc(-c2cccc(-c3cccc4cccc(-c5cccc(-c6nc(-c7ccccc7)nc(-n7c8ccccc8c8c9ccccc9ccc87)n6)c5)c34)c2)cc1. The zero-order valence-electron chi connectivity index (χ0n) is 30.9. The summed E-state index contributed by atoms with van der Waals surface area (Å²) in [4.78, 5) is 15.6. The fraction of sp³-hybridized carbons (Fsp3) is 0. The topological polar surface area (TPSA) is 43.6 Å². The number of fused-ring (bicyclic) bond motifs is 6. The molecular weight excluding hydrogens is 693 g/mol. The quantitative estimate of drug-likeness (QED) is 0.171. The van der Waals surface area contributed by atoms with Crippen molar-refractivity contribution in [3.05, 3.63) is 206 Å². The number of hydrogen-bond donors (Lipinski definition) is 0. The Balaban J connectivity index is 1.10. The molecule has 0 saturated carbocycles. The van der Waals surface area contributed by atoms with Gasteiger partial charge in [-0.05, 0) is 79.2 Å². The Morgan fingerprint density at radius 3 is 1.56 bits per heavy atom. The molecule has 11 rings (SSSR count). The first-order valence-electron chi connectivity index (χ1n) is 19.3. The Bertz CT molecular complexity index is 3290. The van der Waals surface area contributed by atoms with Crippen LogP contribution in [0.2, 0.25) is 0 Å². The number of benzene rings is 9. The van der Waals surface area contributed by atoms with Gasteiger partial charge in [-0.3, -0.25) is 4.57 Å². The van der Waals surface area contributed by atoms with Crippen molar-refractivity contribution in [2.24, 2.45) is 0 Å². The largest absolute Gasteiger partial charge is 0.278 e. The van der Waals surface area contributed by atoms with E-state index in [1.807, 2.05) is 18.2 Å². The van der Waals surface area contributed by atoms with Crippen molar-refractivity contribution in [3.63, 3.8) is 0 Å². The number of hydrogen-bond acceptors (Lipinski definition) is 3. The van der Waals surface area contributed by atoms with Crippen LogP contribution in [0.3, 0.4) is 0 Å². The van der Waals surface area contributed by atoms with Gasteiger partial charge in [0.1, 0.15) is 0 Å². The van der Waals surface area contributed by atoms with Gasteiger partial charge in [0.25, 0.3) is 0 Å². The summed E-state index contributed by atoms with van der Waals surface area (Å²) in [5.74, 6) is 1.82. The normalized spacial score (nSPS) is 11.5. The first kappa shape index (κ1) is 32.7. The molecule has 2 heterocycles. The third-order valence-electron chi connectivity index (χ3n) is 11.0. The van der Waals surface area contributed by atoms with Crippen LogP contribution >= 0.6 is 0 Å². The third-order valence-corrected chi connectivity index (χ3v) is 11.0. The zero-order valence-corrected chi connectivity index (χ0v) is 30.9. The highest BCUT2D eigenvalue weighted by Gasteiger charge is 2.20. The molecule has 11 aromatic rings. The molecule has 0 amide bonds. The monoisotopic (exact) mass is 726 g/mol. The summed E-state index contributed by atoms with van der Waals surface area (Å²) in [7, 11) is 0. The molecule has 0 aliphatic carbocycles. The first-order valence-corrected chi connectivity index (χ1v) is 19.3. The minimum absolute atomic E-state index is 0.580. The summed E-state index contributed by atoms with van der Waals surface area (Å²) in [6, 6.07) is 72.9. The molecule has 0 spiro atoms. The second-order valence-corrected chi connectivity index (χ2v) is 14.4. The molecule has 266 valence electrons. The lowest BCUT2D eigenvalue weighted by Gasteiger charge is -2.15. The van der Waals surface area contributed by atoms with Gasteiger partial charge < -0.3 is 0 Å². The molecule has 0 N–H and O–H groups in total. The van der Waals surface area contributed by atoms with Crippen LogP contribution in [0.25, 0.3) is 105 Å². The van der Waals surface area contributed by atoms with Crippen molar-refractivity contribution >= 4 is 43.4 Å². The van der Waals surface area contributed by atoms with Gasteiger partial charge in [0.2, 0.25) is 5.95 Å². The van der Waals surface area contributed by atoms with Crippen LogP contribution in [0.4, 0.5) is 0 Å². The van der Waals surface area contributed by atoms with Crippen molar-refractivity contribution < 1.29 is 0 Å². The van der Waals surface area contributed by atoms with Gasteiger partial charge in [-0.15, -0.1) is 0 Å². The Kier molecular flexibility index (Phi) is 7.78. The van der Waals surface area contributed by atoms with E-state index < -0.39 is 0 Å². The average Bonchev–Trinajstić information content (AvgIpc) is 3.64. The van der Waals surface area contributed by atoms with E-state index in [9.17, 15) is 0 Å². The molecule has 0 saturated heterocycles. The van der Waals surface area contributed by atoms with E-state index in [0.29, 0.717) is 17.6 Å². The molecule has 9 aromatic carbocycles. The predicted octanol–water partition coefficient (Wildman–Crippen LogP) is 13.6. The standard InChI is InChI=1S/C53H34N4/c1-3-15-35(16-4-1)39-22-11-23-40(33-39)44-28-13-20-37-21-14-29-45(49(37)44)41-24-12-25-42(34-41)52-54-51(38-18-5-2-6-19-38)55-53(56-52)57-47-30-10-9-27-46(47)50-43-26-8-7-17-36(43)31-32-48(50)57/h1-34H. The number of rotatable bonds is 6. The maximum Gasteiger partial charge on any atom is 0.238 e. The van der Waals surface area contributed by atoms with E-state index in [-0.39, 0.29) is 0 Å². The molecule has 0 atom stereocenters. The maximum atomic E-state index is 5.29. The van der Waals surface area contributed by atoms with E-state index in [1.165, 1.54) is 49.2 Å². The predicted molar refractivity (Wildman–Crippen MR) is 236 cm³/mol. The fourth-order valence-electron chi connectivity index (χ4n) is 8.41. The summed E-state index contributed by atoms with van der Waals surface area (Å²) < 4.78 is 2.19. The van der Waals surface area contributed by atoms with Gasteiger partial charge in [0.15, 0.2) is 11.6 Å². The van der Waals surface area contributed by atoms with E-state index in [1.54, 1.807) is 0 Å². The Morgan fingerprint density at radius 1 is 0.298 bits per heavy atom. The van der Waals surface area contributed by atoms with Crippen LogP contribution in [0.15, 0.2) is 206 Å². The molecule has 0 unspecified atom stereocenters. The van der Waals surface area contributed by atoms with Crippen LogP contribution in [0.5, 0.6) is 0 Å². The molecule has 0 radical (unpaired) electrons.